The second-order valence-corrected chi connectivity index (χ2v) is 5.90. The number of rotatable bonds is 8. The quantitative estimate of drug-likeness (QED) is 0.268. The van der Waals surface area contributed by atoms with E-state index in [0.717, 1.165) is 12.5 Å². The van der Waals surface area contributed by atoms with Crippen LogP contribution in [0.25, 0.3) is 0 Å². The molecule has 25 heavy (non-hydrogen) atoms. The number of hydrogen-bond acceptors (Lipinski definition) is 3. The molecule has 1 saturated carbocycles. The first kappa shape index (κ1) is 21.6. The summed E-state index contributed by atoms with van der Waals surface area (Å²) in [6.45, 7) is 2.20. The molecule has 0 saturated heterocycles. The Morgan fingerprint density at radius 2 is 2.20 bits per heavy atom. The Morgan fingerprint density at radius 3 is 2.84 bits per heavy atom. The number of anilines is 1. The number of benzene rings is 1. The molecule has 0 spiro atoms. The molecule has 6 nitrogen and oxygen atoms in total. The summed E-state index contributed by atoms with van der Waals surface area (Å²) >= 11 is 0. The smallest absolute Gasteiger partial charge is 0.243 e. The fourth-order valence-corrected chi connectivity index (χ4v) is 2.16. The van der Waals surface area contributed by atoms with Gasteiger partial charge in [0.05, 0.1) is 13.2 Å². The molecular formula is C17H26FIN4O2. The van der Waals surface area contributed by atoms with Gasteiger partial charge in [-0.25, -0.2) is 4.39 Å². The predicted octanol–water partition coefficient (Wildman–Crippen LogP) is 2.32. The lowest BCUT2D eigenvalue weighted by molar-refractivity contribution is -0.115. The minimum atomic E-state index is -0.387. The molecule has 0 aliphatic heterocycles. The molecule has 1 aromatic carbocycles. The third-order valence-electron chi connectivity index (χ3n) is 3.71. The minimum Gasteiger partial charge on any atom is -0.379 e. The van der Waals surface area contributed by atoms with Crippen LogP contribution in [0.2, 0.25) is 0 Å². The van der Waals surface area contributed by atoms with Crippen LogP contribution in [0.3, 0.4) is 0 Å². The van der Waals surface area contributed by atoms with Crippen LogP contribution in [0.1, 0.15) is 12.8 Å². The van der Waals surface area contributed by atoms with E-state index in [4.69, 9.17) is 4.74 Å². The first-order valence-corrected chi connectivity index (χ1v) is 8.13. The SMILES string of the molecule is CN=C(NCC(=O)Nc1cccc(F)c1)N(C)CCOCC1CC1.I. The molecule has 1 fully saturated rings. The van der Waals surface area contributed by atoms with E-state index in [1.165, 1.54) is 25.0 Å². The van der Waals surface area contributed by atoms with Crippen LogP contribution in [0.4, 0.5) is 10.1 Å². The van der Waals surface area contributed by atoms with Gasteiger partial charge in [0, 0.05) is 32.9 Å². The van der Waals surface area contributed by atoms with Crippen molar-refractivity contribution >= 4 is 41.5 Å². The number of halogens is 2. The Kier molecular flexibility index (Phi) is 9.73. The number of nitrogens with zero attached hydrogens (tertiary/aromatic N) is 2. The van der Waals surface area contributed by atoms with E-state index in [-0.39, 0.29) is 42.2 Å². The van der Waals surface area contributed by atoms with Crippen molar-refractivity contribution in [2.24, 2.45) is 10.9 Å². The van der Waals surface area contributed by atoms with Crippen molar-refractivity contribution < 1.29 is 13.9 Å². The molecule has 140 valence electrons. The maximum atomic E-state index is 13.1. The molecule has 8 heteroatoms. The number of ether oxygens (including phenoxy) is 1. The summed E-state index contributed by atoms with van der Waals surface area (Å²) in [6.07, 6.45) is 2.55. The number of nitrogens with one attached hydrogen (secondary N) is 2. The van der Waals surface area contributed by atoms with Crippen molar-refractivity contribution in [3.05, 3.63) is 30.1 Å². The Hall–Kier alpha value is -1.42. The number of guanidine groups is 1. The van der Waals surface area contributed by atoms with Crippen LogP contribution < -0.4 is 10.6 Å². The number of carbonyl (C=O) groups is 1. The lowest BCUT2D eigenvalue weighted by Gasteiger charge is -2.21. The van der Waals surface area contributed by atoms with Crippen molar-refractivity contribution in [3.8, 4) is 0 Å². The van der Waals surface area contributed by atoms with Gasteiger partial charge in [-0.15, -0.1) is 24.0 Å². The summed E-state index contributed by atoms with van der Waals surface area (Å²) in [5, 5.41) is 5.61. The third-order valence-corrected chi connectivity index (χ3v) is 3.71. The Balaban J connectivity index is 0.00000312. The van der Waals surface area contributed by atoms with E-state index in [1.807, 2.05) is 11.9 Å². The maximum absolute atomic E-state index is 13.1. The third kappa shape index (κ3) is 8.48. The Morgan fingerprint density at radius 1 is 1.44 bits per heavy atom. The largest absolute Gasteiger partial charge is 0.379 e. The summed E-state index contributed by atoms with van der Waals surface area (Å²) in [5.74, 6) is 0.710. The van der Waals surface area contributed by atoms with Crippen molar-refractivity contribution in [1.82, 2.24) is 10.2 Å². The zero-order chi connectivity index (χ0) is 17.4. The molecule has 1 aliphatic rings. The van der Waals surface area contributed by atoms with Gasteiger partial charge in [-0.1, -0.05) is 6.07 Å². The minimum absolute atomic E-state index is 0. The van der Waals surface area contributed by atoms with Crippen molar-refractivity contribution in [1.29, 1.82) is 0 Å². The molecule has 2 rings (SSSR count). The molecule has 0 aromatic heterocycles. The molecule has 0 bridgehead atoms. The highest BCUT2D eigenvalue weighted by Crippen LogP contribution is 2.28. The fraction of sp³-hybridized carbons (Fsp3) is 0.529. The second kappa shape index (κ2) is 11.2. The highest BCUT2D eigenvalue weighted by molar-refractivity contribution is 14.0. The summed E-state index contributed by atoms with van der Waals surface area (Å²) in [7, 11) is 3.55. The number of carbonyl (C=O) groups excluding carboxylic acids is 1. The molecule has 1 aliphatic carbocycles. The standard InChI is InChI=1S/C17H25FN4O2.HI/c1-19-17(22(2)8-9-24-12-13-6-7-13)20-11-16(23)21-15-5-3-4-14(18)10-15;/h3-5,10,13H,6-9,11-12H2,1-2H3,(H,19,20)(H,21,23);1H. The van der Waals surface area contributed by atoms with E-state index < -0.39 is 0 Å². The van der Waals surface area contributed by atoms with Crippen molar-refractivity contribution in [2.75, 3.05) is 45.7 Å². The molecule has 0 radical (unpaired) electrons. The van der Waals surface area contributed by atoms with Gasteiger partial charge >= 0.3 is 0 Å². The first-order valence-electron chi connectivity index (χ1n) is 8.13. The van der Waals surface area contributed by atoms with Gasteiger partial charge in [-0.05, 0) is 37.0 Å². The normalized spacial score (nSPS) is 13.8. The van der Waals surface area contributed by atoms with E-state index >= 15 is 0 Å². The average molecular weight is 464 g/mol. The fourth-order valence-electron chi connectivity index (χ4n) is 2.16. The van der Waals surface area contributed by atoms with Crippen molar-refractivity contribution in [2.45, 2.75) is 12.8 Å². The van der Waals surface area contributed by atoms with Gasteiger partial charge < -0.3 is 20.3 Å². The van der Waals surface area contributed by atoms with Crippen LogP contribution in [0, 0.1) is 11.7 Å². The summed E-state index contributed by atoms with van der Waals surface area (Å²) in [5.41, 5.74) is 0.429. The van der Waals surface area contributed by atoms with E-state index in [0.29, 0.717) is 24.8 Å². The van der Waals surface area contributed by atoms with Gasteiger partial charge in [-0.3, -0.25) is 9.79 Å². The van der Waals surface area contributed by atoms with Gasteiger partial charge in [0.1, 0.15) is 5.82 Å². The van der Waals surface area contributed by atoms with Crippen LogP contribution in [0.15, 0.2) is 29.3 Å². The van der Waals surface area contributed by atoms with Gasteiger partial charge in [0.2, 0.25) is 5.91 Å². The molecule has 0 unspecified atom stereocenters. The van der Waals surface area contributed by atoms with Crippen LogP contribution in [-0.4, -0.2) is 57.2 Å². The Bertz CT molecular complexity index is 582. The number of hydrogen-bond donors (Lipinski definition) is 2. The molecule has 0 atom stereocenters. The zero-order valence-electron chi connectivity index (χ0n) is 14.6. The number of aliphatic imine (C=N–C) groups is 1. The van der Waals surface area contributed by atoms with Crippen LogP contribution in [0.5, 0.6) is 0 Å². The number of likely N-dealkylation sites (N-methyl/N-ethyl adjacent to an activating group) is 1. The summed E-state index contributed by atoms with van der Waals surface area (Å²) in [4.78, 5) is 18.0. The topological polar surface area (TPSA) is 66.0 Å². The predicted molar refractivity (Wildman–Crippen MR) is 108 cm³/mol. The molecule has 2 N–H and O–H groups in total. The lowest BCUT2D eigenvalue weighted by Crippen LogP contribution is -2.43. The van der Waals surface area contributed by atoms with Crippen molar-refractivity contribution in [3.63, 3.8) is 0 Å². The van der Waals surface area contributed by atoms with Crippen LogP contribution in [-0.2, 0) is 9.53 Å². The average Bonchev–Trinajstić information content (AvgIpc) is 3.36. The van der Waals surface area contributed by atoms with Crippen LogP contribution >= 0.6 is 24.0 Å². The highest BCUT2D eigenvalue weighted by atomic mass is 127. The molecule has 1 aromatic rings. The lowest BCUT2D eigenvalue weighted by atomic mass is 10.3. The summed E-state index contributed by atoms with van der Waals surface area (Å²) in [6, 6.07) is 5.79. The monoisotopic (exact) mass is 464 g/mol. The van der Waals surface area contributed by atoms with Gasteiger partial charge in [-0.2, -0.15) is 0 Å². The highest BCUT2D eigenvalue weighted by Gasteiger charge is 2.21. The van der Waals surface area contributed by atoms with E-state index in [9.17, 15) is 9.18 Å². The van der Waals surface area contributed by atoms with Gasteiger partial charge in [0.15, 0.2) is 5.96 Å². The maximum Gasteiger partial charge on any atom is 0.243 e. The second-order valence-electron chi connectivity index (χ2n) is 5.90. The number of amides is 1. The molecule has 0 heterocycles. The first-order chi connectivity index (χ1) is 11.6. The van der Waals surface area contributed by atoms with E-state index in [1.54, 1.807) is 19.2 Å². The van der Waals surface area contributed by atoms with E-state index in [2.05, 4.69) is 15.6 Å². The van der Waals surface area contributed by atoms with Gasteiger partial charge in [0.25, 0.3) is 0 Å². The summed E-state index contributed by atoms with van der Waals surface area (Å²) < 4.78 is 18.7. The zero-order valence-corrected chi connectivity index (χ0v) is 17.0. The Labute approximate surface area is 165 Å². The molecular weight excluding hydrogens is 438 g/mol. The molecule has 1 amide bonds.